The average Bonchev–Trinajstić information content (AvgIpc) is 3.05. The third-order valence-corrected chi connectivity index (χ3v) is 5.54. The Kier molecular flexibility index (Phi) is 5.71. The molecule has 1 heterocycles. The van der Waals surface area contributed by atoms with E-state index >= 15 is 0 Å². The molecule has 0 radical (unpaired) electrons. The van der Waals surface area contributed by atoms with Gasteiger partial charge in [-0.2, -0.15) is 0 Å². The number of carbonyl (C=O) groups is 2. The van der Waals surface area contributed by atoms with Crippen LogP contribution < -0.4 is 0 Å². The summed E-state index contributed by atoms with van der Waals surface area (Å²) in [6.07, 6.45) is 1.50. The van der Waals surface area contributed by atoms with Crippen molar-refractivity contribution in [3.05, 3.63) is 83.3 Å². The molecule has 0 spiro atoms. The van der Waals surface area contributed by atoms with Crippen LogP contribution in [0.3, 0.4) is 0 Å². The topological polar surface area (TPSA) is 80.8 Å². The molecule has 3 rings (SSSR count). The first-order valence-corrected chi connectivity index (χ1v) is 10.1. The molecule has 0 aliphatic carbocycles. The molecule has 0 N–H and O–H groups in total. The van der Waals surface area contributed by atoms with Crippen LogP contribution in [0.5, 0.6) is 0 Å². The van der Waals surface area contributed by atoms with E-state index in [0.717, 1.165) is 11.0 Å². The zero-order valence-electron chi connectivity index (χ0n) is 14.5. The van der Waals surface area contributed by atoms with E-state index in [4.69, 9.17) is 4.74 Å². The first-order chi connectivity index (χ1) is 12.9. The molecule has 0 bridgehead atoms. The van der Waals surface area contributed by atoms with Gasteiger partial charge in [0.2, 0.25) is 0 Å². The molecular formula is C20H19NO5S. The van der Waals surface area contributed by atoms with Gasteiger partial charge in [0.15, 0.2) is 16.4 Å². The molecule has 6 nitrogen and oxygen atoms in total. The highest BCUT2D eigenvalue weighted by Crippen LogP contribution is 2.18. The fourth-order valence-electron chi connectivity index (χ4n) is 2.79. The molecule has 0 unspecified atom stereocenters. The van der Waals surface area contributed by atoms with E-state index in [1.165, 1.54) is 11.0 Å². The number of nitrogens with zero attached hydrogens (tertiary/aromatic N) is 1. The molecule has 0 saturated carbocycles. The Hall–Kier alpha value is -2.93. The third kappa shape index (κ3) is 5.04. The molecule has 2 aromatic carbocycles. The summed E-state index contributed by atoms with van der Waals surface area (Å²) in [6, 6.07) is 17.0. The second-order valence-corrected chi connectivity index (χ2v) is 8.11. The highest BCUT2D eigenvalue weighted by molar-refractivity contribution is 7.94. The van der Waals surface area contributed by atoms with Gasteiger partial charge < -0.3 is 9.64 Å². The lowest BCUT2D eigenvalue weighted by molar-refractivity contribution is -0.136. The van der Waals surface area contributed by atoms with E-state index in [2.05, 4.69) is 0 Å². The zero-order valence-corrected chi connectivity index (χ0v) is 15.3. The Balaban J connectivity index is 1.71. The normalized spacial score (nSPS) is 17.4. The van der Waals surface area contributed by atoms with Crippen LogP contribution in [0.2, 0.25) is 0 Å². The lowest BCUT2D eigenvalue weighted by Crippen LogP contribution is -2.42. The number of benzene rings is 2. The number of ether oxygens (including phenoxy) is 1. The summed E-state index contributed by atoms with van der Waals surface area (Å²) in [5.41, 5.74) is 1.21. The van der Waals surface area contributed by atoms with E-state index in [1.54, 1.807) is 30.3 Å². The van der Waals surface area contributed by atoms with Crippen molar-refractivity contribution in [3.63, 3.8) is 0 Å². The van der Waals surface area contributed by atoms with Crippen LogP contribution in [0.25, 0.3) is 0 Å². The minimum absolute atomic E-state index is 0.168. The summed E-state index contributed by atoms with van der Waals surface area (Å²) in [5.74, 6) is -1.22. The van der Waals surface area contributed by atoms with E-state index in [0.29, 0.717) is 5.56 Å². The van der Waals surface area contributed by atoms with Crippen molar-refractivity contribution in [1.29, 1.82) is 0 Å². The smallest absolute Gasteiger partial charge is 0.338 e. The number of rotatable bonds is 6. The lowest BCUT2D eigenvalue weighted by Gasteiger charge is -2.27. The van der Waals surface area contributed by atoms with Crippen molar-refractivity contribution in [3.8, 4) is 0 Å². The van der Waals surface area contributed by atoms with Crippen molar-refractivity contribution in [2.45, 2.75) is 12.6 Å². The van der Waals surface area contributed by atoms with Crippen LogP contribution in [0.1, 0.15) is 15.9 Å². The fraction of sp³-hybridized carbons (Fsp3) is 0.200. The molecule has 1 aliphatic rings. The third-order valence-electron chi connectivity index (χ3n) is 4.16. The van der Waals surface area contributed by atoms with Crippen molar-refractivity contribution in [2.75, 3.05) is 12.4 Å². The van der Waals surface area contributed by atoms with Gasteiger partial charge in [0.1, 0.15) is 0 Å². The summed E-state index contributed by atoms with van der Waals surface area (Å²) in [6.45, 7) is -0.224. The second-order valence-electron chi connectivity index (χ2n) is 6.17. The van der Waals surface area contributed by atoms with Gasteiger partial charge in [-0.25, -0.2) is 13.2 Å². The first kappa shape index (κ1) is 18.8. The largest absolute Gasteiger partial charge is 0.452 e. The lowest BCUT2D eigenvalue weighted by atomic mass is 10.1. The molecule has 7 heteroatoms. The highest BCUT2D eigenvalue weighted by atomic mass is 32.2. The van der Waals surface area contributed by atoms with Crippen molar-refractivity contribution in [2.24, 2.45) is 0 Å². The number of sulfone groups is 1. The summed E-state index contributed by atoms with van der Waals surface area (Å²) >= 11 is 0. The molecule has 1 atom stereocenters. The quantitative estimate of drug-likeness (QED) is 0.712. The maximum atomic E-state index is 12.7. The van der Waals surface area contributed by atoms with Gasteiger partial charge in [0, 0.05) is 12.0 Å². The molecule has 0 saturated heterocycles. The number of esters is 1. The predicted molar refractivity (Wildman–Crippen MR) is 100 cm³/mol. The number of carbonyl (C=O) groups excluding carboxylic acids is 2. The monoisotopic (exact) mass is 385 g/mol. The van der Waals surface area contributed by atoms with Gasteiger partial charge in [-0.3, -0.25) is 4.79 Å². The predicted octanol–water partition coefficient (Wildman–Crippen LogP) is 2.18. The number of amides is 1. The number of hydrogen-bond acceptors (Lipinski definition) is 5. The van der Waals surface area contributed by atoms with E-state index in [-0.39, 0.29) is 12.3 Å². The van der Waals surface area contributed by atoms with Crippen LogP contribution in [-0.4, -0.2) is 43.6 Å². The average molecular weight is 385 g/mol. The summed E-state index contributed by atoms with van der Waals surface area (Å²) < 4.78 is 28.6. The molecular weight excluding hydrogens is 366 g/mol. The van der Waals surface area contributed by atoms with Crippen LogP contribution in [-0.2, 0) is 25.9 Å². The van der Waals surface area contributed by atoms with Crippen molar-refractivity contribution in [1.82, 2.24) is 4.90 Å². The minimum atomic E-state index is -3.32. The Bertz CT molecular complexity index is 939. The molecule has 27 heavy (non-hydrogen) atoms. The summed E-state index contributed by atoms with van der Waals surface area (Å²) in [7, 11) is -3.32. The van der Waals surface area contributed by atoms with Gasteiger partial charge in [-0.15, -0.1) is 0 Å². The van der Waals surface area contributed by atoms with Gasteiger partial charge in [0.25, 0.3) is 5.91 Å². The minimum Gasteiger partial charge on any atom is -0.452 e. The Morgan fingerprint density at radius 2 is 1.63 bits per heavy atom. The van der Waals surface area contributed by atoms with E-state index in [1.807, 2.05) is 30.3 Å². The Morgan fingerprint density at radius 1 is 1.00 bits per heavy atom. The summed E-state index contributed by atoms with van der Waals surface area (Å²) in [5, 5.41) is 1.12. The Labute approximate surface area is 158 Å². The van der Waals surface area contributed by atoms with Crippen molar-refractivity contribution < 1.29 is 22.7 Å². The maximum Gasteiger partial charge on any atom is 0.338 e. The second kappa shape index (κ2) is 8.18. The molecule has 140 valence electrons. The molecule has 0 fully saturated rings. The maximum absolute atomic E-state index is 12.7. The van der Waals surface area contributed by atoms with Gasteiger partial charge in [-0.1, -0.05) is 48.5 Å². The van der Waals surface area contributed by atoms with Gasteiger partial charge in [-0.05, 0) is 23.8 Å². The number of hydrogen-bond donors (Lipinski definition) is 0. The Morgan fingerprint density at radius 3 is 2.22 bits per heavy atom. The molecule has 1 aliphatic heterocycles. The SMILES string of the molecule is O=C(OCC(=O)N(Cc1ccccc1)[C@H]1C=CS(=O)(=O)C1)c1ccccc1. The molecule has 1 amide bonds. The van der Waals surface area contributed by atoms with Crippen LogP contribution in [0.4, 0.5) is 0 Å². The molecule has 0 aromatic heterocycles. The van der Waals surface area contributed by atoms with Crippen LogP contribution in [0, 0.1) is 0 Å². The van der Waals surface area contributed by atoms with Crippen molar-refractivity contribution >= 4 is 21.7 Å². The first-order valence-electron chi connectivity index (χ1n) is 8.41. The molecule has 2 aromatic rings. The standard InChI is InChI=1S/C20H19NO5S/c22-19(14-26-20(23)17-9-5-2-6-10-17)21(13-16-7-3-1-4-8-16)18-11-12-27(24,25)15-18/h1-12,18H,13-15H2/t18-/m0/s1. The fourth-order valence-corrected chi connectivity index (χ4v) is 4.09. The zero-order chi connectivity index (χ0) is 19.3. The van der Waals surface area contributed by atoms with Crippen LogP contribution in [0.15, 0.2) is 72.1 Å². The van der Waals surface area contributed by atoms with E-state index < -0.39 is 34.4 Å². The van der Waals surface area contributed by atoms with Gasteiger partial charge in [0.05, 0.1) is 17.4 Å². The summed E-state index contributed by atoms with van der Waals surface area (Å²) in [4.78, 5) is 26.2. The van der Waals surface area contributed by atoms with Crippen LogP contribution >= 0.6 is 0 Å². The van der Waals surface area contributed by atoms with E-state index in [9.17, 15) is 18.0 Å². The van der Waals surface area contributed by atoms with Gasteiger partial charge >= 0.3 is 5.97 Å². The highest BCUT2D eigenvalue weighted by Gasteiger charge is 2.30.